The Hall–Kier alpha value is -0.160. The van der Waals surface area contributed by atoms with E-state index in [-0.39, 0.29) is 5.54 Å². The van der Waals surface area contributed by atoms with Crippen molar-refractivity contribution in [1.82, 2.24) is 9.80 Å². The van der Waals surface area contributed by atoms with Crippen LogP contribution in [0.25, 0.3) is 0 Å². The first-order chi connectivity index (χ1) is 8.47. The molecule has 0 aromatic carbocycles. The number of hydrogen-bond donors (Lipinski definition) is 1. The van der Waals surface area contributed by atoms with Crippen molar-refractivity contribution < 1.29 is 4.74 Å². The number of ether oxygens (including phenoxy) is 1. The average molecular weight is 255 g/mol. The van der Waals surface area contributed by atoms with E-state index in [1.54, 1.807) is 0 Å². The van der Waals surface area contributed by atoms with Gasteiger partial charge in [-0.3, -0.25) is 4.90 Å². The summed E-state index contributed by atoms with van der Waals surface area (Å²) >= 11 is 0. The number of piperidine rings is 1. The van der Waals surface area contributed by atoms with Crippen LogP contribution in [-0.2, 0) is 4.74 Å². The van der Waals surface area contributed by atoms with Crippen molar-refractivity contribution in [3.63, 3.8) is 0 Å². The molecular weight excluding hydrogens is 226 g/mol. The summed E-state index contributed by atoms with van der Waals surface area (Å²) in [5.74, 6) is 0. The zero-order chi connectivity index (χ0) is 13.3. The summed E-state index contributed by atoms with van der Waals surface area (Å²) in [4.78, 5) is 5.05. The lowest BCUT2D eigenvalue weighted by atomic mass is 9.81. The second kappa shape index (κ2) is 5.45. The highest BCUT2D eigenvalue weighted by atomic mass is 16.5. The second-order valence-electron chi connectivity index (χ2n) is 6.37. The quantitative estimate of drug-likeness (QED) is 0.796. The predicted octanol–water partition coefficient (Wildman–Crippen LogP) is 0.907. The van der Waals surface area contributed by atoms with Crippen LogP contribution in [0.1, 0.15) is 33.6 Å². The molecule has 0 saturated carbocycles. The highest BCUT2D eigenvalue weighted by molar-refractivity contribution is 5.00. The van der Waals surface area contributed by atoms with Gasteiger partial charge in [0.2, 0.25) is 0 Å². The Balaban J connectivity index is 2.11. The van der Waals surface area contributed by atoms with Gasteiger partial charge in [-0.15, -0.1) is 0 Å². The SMILES string of the molecule is CC1CC(CN)(N2C[C@@H](C)O[C@@H](C)C2)CCN1C. The topological polar surface area (TPSA) is 41.7 Å². The first kappa shape index (κ1) is 14.3. The monoisotopic (exact) mass is 255 g/mol. The molecule has 2 aliphatic heterocycles. The highest BCUT2D eigenvalue weighted by Crippen LogP contribution is 2.33. The summed E-state index contributed by atoms with van der Waals surface area (Å²) in [7, 11) is 2.22. The Bertz CT molecular complexity index is 276. The maximum atomic E-state index is 6.17. The molecule has 2 aliphatic rings. The van der Waals surface area contributed by atoms with Gasteiger partial charge in [0.15, 0.2) is 0 Å². The van der Waals surface area contributed by atoms with Gasteiger partial charge < -0.3 is 15.4 Å². The summed E-state index contributed by atoms with van der Waals surface area (Å²) in [5.41, 5.74) is 6.36. The molecule has 0 bridgehead atoms. The molecule has 106 valence electrons. The minimum Gasteiger partial charge on any atom is -0.373 e. The number of morpholine rings is 1. The Morgan fingerprint density at radius 1 is 1.22 bits per heavy atom. The zero-order valence-corrected chi connectivity index (χ0v) is 12.4. The number of hydrogen-bond acceptors (Lipinski definition) is 4. The van der Waals surface area contributed by atoms with Gasteiger partial charge in [-0.25, -0.2) is 0 Å². The molecule has 4 nitrogen and oxygen atoms in total. The van der Waals surface area contributed by atoms with E-state index >= 15 is 0 Å². The van der Waals surface area contributed by atoms with E-state index in [1.165, 1.54) is 12.8 Å². The molecule has 0 aromatic heterocycles. The van der Waals surface area contributed by atoms with E-state index in [1.807, 2.05) is 0 Å². The number of rotatable bonds is 2. The van der Waals surface area contributed by atoms with Crippen LogP contribution in [-0.4, -0.2) is 66.8 Å². The van der Waals surface area contributed by atoms with Crippen LogP contribution in [0.2, 0.25) is 0 Å². The van der Waals surface area contributed by atoms with Crippen molar-refractivity contribution >= 4 is 0 Å². The lowest BCUT2D eigenvalue weighted by Gasteiger charge is -2.53. The maximum absolute atomic E-state index is 6.17. The van der Waals surface area contributed by atoms with Crippen molar-refractivity contribution in [2.75, 3.05) is 33.2 Å². The van der Waals surface area contributed by atoms with Gasteiger partial charge in [0.05, 0.1) is 12.2 Å². The molecule has 2 rings (SSSR count). The highest BCUT2D eigenvalue weighted by Gasteiger charge is 2.43. The molecule has 0 amide bonds. The molecule has 0 spiro atoms. The van der Waals surface area contributed by atoms with Crippen LogP contribution >= 0.6 is 0 Å². The van der Waals surface area contributed by atoms with Crippen molar-refractivity contribution in [3.05, 3.63) is 0 Å². The standard InChI is InChI=1S/C14H29N3O/c1-11-7-14(10-15,5-6-16(11)4)17-8-12(2)18-13(3)9-17/h11-13H,5-10,15H2,1-4H3/t11?,12-,13+,14?. The molecule has 0 aliphatic carbocycles. The van der Waals surface area contributed by atoms with Crippen LogP contribution < -0.4 is 5.73 Å². The zero-order valence-electron chi connectivity index (χ0n) is 12.4. The third-order valence-electron chi connectivity index (χ3n) is 4.83. The van der Waals surface area contributed by atoms with Crippen molar-refractivity contribution in [2.24, 2.45) is 5.73 Å². The normalized spacial score (nSPS) is 44.2. The second-order valence-corrected chi connectivity index (χ2v) is 6.37. The van der Waals surface area contributed by atoms with Crippen molar-refractivity contribution in [1.29, 1.82) is 0 Å². The van der Waals surface area contributed by atoms with E-state index < -0.39 is 0 Å². The molecule has 18 heavy (non-hydrogen) atoms. The van der Waals surface area contributed by atoms with Crippen LogP contribution in [0.4, 0.5) is 0 Å². The lowest BCUT2D eigenvalue weighted by molar-refractivity contribution is -0.115. The number of nitrogens with zero attached hydrogens (tertiary/aromatic N) is 2. The Kier molecular flexibility index (Phi) is 4.32. The minimum absolute atomic E-state index is 0.193. The predicted molar refractivity (Wildman–Crippen MR) is 74.7 cm³/mol. The third kappa shape index (κ3) is 2.72. The van der Waals surface area contributed by atoms with E-state index in [0.717, 1.165) is 26.2 Å². The molecule has 0 radical (unpaired) electrons. The summed E-state index contributed by atoms with van der Waals surface area (Å²) in [6.45, 7) is 10.6. The van der Waals surface area contributed by atoms with Gasteiger partial charge in [0.25, 0.3) is 0 Å². The fourth-order valence-electron chi connectivity index (χ4n) is 3.58. The van der Waals surface area contributed by atoms with Gasteiger partial charge in [-0.1, -0.05) is 0 Å². The lowest BCUT2D eigenvalue weighted by Crippen LogP contribution is -2.65. The molecule has 2 unspecified atom stereocenters. The average Bonchev–Trinajstić information content (AvgIpc) is 2.31. The summed E-state index contributed by atoms with van der Waals surface area (Å²) < 4.78 is 5.85. The first-order valence-electron chi connectivity index (χ1n) is 7.27. The smallest absolute Gasteiger partial charge is 0.0678 e. The van der Waals surface area contributed by atoms with Gasteiger partial charge in [0, 0.05) is 31.2 Å². The molecule has 2 N–H and O–H groups in total. The summed E-state index contributed by atoms with van der Waals surface area (Å²) in [5, 5.41) is 0. The van der Waals surface area contributed by atoms with Crippen LogP contribution in [0.5, 0.6) is 0 Å². The van der Waals surface area contributed by atoms with Crippen molar-refractivity contribution in [2.45, 2.75) is 57.4 Å². The van der Waals surface area contributed by atoms with Gasteiger partial charge >= 0.3 is 0 Å². The molecule has 2 fully saturated rings. The molecule has 4 heteroatoms. The molecular formula is C14H29N3O. The van der Waals surface area contributed by atoms with Crippen LogP contribution in [0.15, 0.2) is 0 Å². The van der Waals surface area contributed by atoms with E-state index in [0.29, 0.717) is 18.2 Å². The van der Waals surface area contributed by atoms with Crippen LogP contribution in [0, 0.1) is 0 Å². The molecule has 2 saturated heterocycles. The van der Waals surface area contributed by atoms with E-state index in [2.05, 4.69) is 37.6 Å². The largest absolute Gasteiger partial charge is 0.373 e. The van der Waals surface area contributed by atoms with E-state index in [4.69, 9.17) is 10.5 Å². The van der Waals surface area contributed by atoms with Crippen LogP contribution in [0.3, 0.4) is 0 Å². The minimum atomic E-state index is 0.193. The Morgan fingerprint density at radius 3 is 2.33 bits per heavy atom. The summed E-state index contributed by atoms with van der Waals surface area (Å²) in [6, 6.07) is 0.621. The fraction of sp³-hybridized carbons (Fsp3) is 1.00. The Labute approximate surface area is 111 Å². The van der Waals surface area contributed by atoms with Gasteiger partial charge in [-0.2, -0.15) is 0 Å². The fourth-order valence-corrected chi connectivity index (χ4v) is 3.58. The maximum Gasteiger partial charge on any atom is 0.0678 e. The first-order valence-corrected chi connectivity index (χ1v) is 7.27. The van der Waals surface area contributed by atoms with E-state index in [9.17, 15) is 0 Å². The third-order valence-corrected chi connectivity index (χ3v) is 4.83. The Morgan fingerprint density at radius 2 is 1.83 bits per heavy atom. The molecule has 4 atom stereocenters. The number of likely N-dealkylation sites (tertiary alicyclic amines) is 1. The molecule has 0 aromatic rings. The van der Waals surface area contributed by atoms with Gasteiger partial charge in [0.1, 0.15) is 0 Å². The summed E-state index contributed by atoms with van der Waals surface area (Å²) in [6.07, 6.45) is 3.02. The molecule has 2 heterocycles. The van der Waals surface area contributed by atoms with Gasteiger partial charge in [-0.05, 0) is 47.2 Å². The number of nitrogens with two attached hydrogens (primary N) is 1. The van der Waals surface area contributed by atoms with Crippen molar-refractivity contribution in [3.8, 4) is 0 Å².